The summed E-state index contributed by atoms with van der Waals surface area (Å²) in [5, 5.41) is 0. The van der Waals surface area contributed by atoms with Crippen molar-refractivity contribution in [3.8, 4) is 0 Å². The lowest BCUT2D eigenvalue weighted by Gasteiger charge is -2.32. The first-order valence-corrected chi connectivity index (χ1v) is 8.96. The van der Waals surface area contributed by atoms with Gasteiger partial charge in [0.1, 0.15) is 0 Å². The predicted molar refractivity (Wildman–Crippen MR) is 99.5 cm³/mol. The average molecular weight is 342 g/mol. The third-order valence-electron chi connectivity index (χ3n) is 5.75. The smallest absolute Gasteiger partial charge is 0.469 e. The maximum Gasteiger partial charge on any atom is 0.494 e. The summed E-state index contributed by atoms with van der Waals surface area (Å²) in [6, 6.07) is 8.38. The summed E-state index contributed by atoms with van der Waals surface area (Å²) in [5.74, 6) is -0.107. The van der Waals surface area contributed by atoms with Crippen molar-refractivity contribution in [1.82, 2.24) is 0 Å². The quantitative estimate of drug-likeness (QED) is 0.624. The highest BCUT2D eigenvalue weighted by Crippen LogP contribution is 2.36. The lowest BCUT2D eigenvalue weighted by Crippen LogP contribution is -2.41. The Morgan fingerprint density at radius 3 is 2.20 bits per heavy atom. The van der Waals surface area contributed by atoms with Gasteiger partial charge in [-0.15, -0.1) is 0 Å². The molecule has 1 aromatic carbocycles. The molecule has 4 nitrogen and oxygen atoms in total. The van der Waals surface area contributed by atoms with Crippen molar-refractivity contribution in [3.63, 3.8) is 0 Å². The molecule has 0 saturated carbocycles. The van der Waals surface area contributed by atoms with Crippen molar-refractivity contribution in [3.05, 3.63) is 35.9 Å². The van der Waals surface area contributed by atoms with Crippen molar-refractivity contribution in [2.75, 3.05) is 7.11 Å². The van der Waals surface area contributed by atoms with Gasteiger partial charge in [-0.25, -0.2) is 0 Å². The number of esters is 1. The summed E-state index contributed by atoms with van der Waals surface area (Å²) in [6.07, 6.45) is 4.66. The van der Waals surface area contributed by atoms with Gasteiger partial charge in [0.25, 0.3) is 0 Å². The van der Waals surface area contributed by atoms with E-state index in [1.165, 1.54) is 18.2 Å². The summed E-state index contributed by atoms with van der Waals surface area (Å²) in [6.45, 7) is 8.25. The van der Waals surface area contributed by atoms with E-state index in [4.69, 9.17) is 14.0 Å². The number of rotatable bonds is 3. The Morgan fingerprint density at radius 2 is 1.72 bits per heavy atom. The van der Waals surface area contributed by atoms with Crippen LogP contribution >= 0.6 is 0 Å². The molecule has 1 aromatic rings. The Labute approximate surface area is 150 Å². The number of hydrogen-bond acceptors (Lipinski definition) is 4. The third kappa shape index (κ3) is 3.53. The maximum atomic E-state index is 11.6. The topological polar surface area (TPSA) is 44.8 Å². The zero-order chi connectivity index (χ0) is 18.2. The molecule has 1 saturated heterocycles. The fourth-order valence-electron chi connectivity index (χ4n) is 3.31. The van der Waals surface area contributed by atoms with Crippen molar-refractivity contribution in [2.45, 2.75) is 58.2 Å². The van der Waals surface area contributed by atoms with Gasteiger partial charge in [0, 0.05) is 0 Å². The average Bonchev–Trinajstić information content (AvgIpc) is 2.82. The second kappa shape index (κ2) is 6.62. The van der Waals surface area contributed by atoms with Gasteiger partial charge in [0.2, 0.25) is 0 Å². The Morgan fingerprint density at radius 1 is 1.12 bits per heavy atom. The van der Waals surface area contributed by atoms with Gasteiger partial charge in [-0.05, 0) is 63.6 Å². The van der Waals surface area contributed by atoms with E-state index in [9.17, 15) is 4.79 Å². The number of ether oxygens (including phenoxy) is 1. The molecule has 0 amide bonds. The van der Waals surface area contributed by atoms with Gasteiger partial charge in [-0.2, -0.15) is 0 Å². The normalized spacial score (nSPS) is 24.8. The Hall–Kier alpha value is -1.59. The highest BCUT2D eigenvalue weighted by Gasteiger charge is 2.51. The molecular weight excluding hydrogens is 315 g/mol. The maximum absolute atomic E-state index is 11.6. The van der Waals surface area contributed by atoms with Crippen LogP contribution < -0.4 is 5.46 Å². The number of carbonyl (C=O) groups is 1. The molecule has 1 aliphatic carbocycles. The van der Waals surface area contributed by atoms with Crippen LogP contribution in [0.2, 0.25) is 0 Å². The second-order valence-corrected chi connectivity index (χ2v) is 7.93. The van der Waals surface area contributed by atoms with Crippen LogP contribution in [0.4, 0.5) is 0 Å². The van der Waals surface area contributed by atoms with Crippen LogP contribution in [0.1, 0.15) is 52.5 Å². The zero-order valence-corrected chi connectivity index (χ0v) is 15.8. The molecule has 1 aliphatic heterocycles. The molecule has 0 spiro atoms. The minimum Gasteiger partial charge on any atom is -0.469 e. The molecule has 134 valence electrons. The molecule has 2 aliphatic rings. The number of carbonyl (C=O) groups excluding carboxylic acids is 1. The SMILES string of the molecule is COC(=O)C1CC=C(c2ccc(B3OC(C)(C)C(C)(C)O3)cc2)CC1. The van der Waals surface area contributed by atoms with Gasteiger partial charge in [0.15, 0.2) is 0 Å². The van der Waals surface area contributed by atoms with E-state index in [0.29, 0.717) is 0 Å². The van der Waals surface area contributed by atoms with Crippen molar-refractivity contribution >= 4 is 24.1 Å². The van der Waals surface area contributed by atoms with Gasteiger partial charge in [-0.3, -0.25) is 4.79 Å². The van der Waals surface area contributed by atoms with Crippen molar-refractivity contribution in [2.24, 2.45) is 5.92 Å². The first-order chi connectivity index (χ1) is 11.7. The third-order valence-corrected chi connectivity index (χ3v) is 5.75. The molecule has 0 aromatic heterocycles. The molecule has 1 heterocycles. The number of benzene rings is 1. The summed E-state index contributed by atoms with van der Waals surface area (Å²) >= 11 is 0. The summed E-state index contributed by atoms with van der Waals surface area (Å²) in [5.41, 5.74) is 2.87. The largest absolute Gasteiger partial charge is 0.494 e. The molecular formula is C20H27BO4. The summed E-state index contributed by atoms with van der Waals surface area (Å²) < 4.78 is 17.0. The molecule has 5 heteroatoms. The minimum absolute atomic E-state index is 0.00206. The summed E-state index contributed by atoms with van der Waals surface area (Å²) in [7, 11) is 1.12. The molecule has 1 fully saturated rings. The Bertz CT molecular complexity index is 659. The van der Waals surface area contributed by atoms with E-state index in [1.54, 1.807) is 0 Å². The van der Waals surface area contributed by atoms with Crippen LogP contribution in [0.15, 0.2) is 30.3 Å². The monoisotopic (exact) mass is 342 g/mol. The van der Waals surface area contributed by atoms with E-state index in [0.717, 1.165) is 24.7 Å². The number of allylic oxidation sites excluding steroid dienone is 2. The number of hydrogen-bond donors (Lipinski definition) is 0. The fraction of sp³-hybridized carbons (Fsp3) is 0.550. The molecule has 3 rings (SSSR count). The van der Waals surface area contributed by atoms with Crippen LogP contribution in [0.5, 0.6) is 0 Å². The van der Waals surface area contributed by atoms with Crippen molar-refractivity contribution in [1.29, 1.82) is 0 Å². The van der Waals surface area contributed by atoms with E-state index >= 15 is 0 Å². The molecule has 0 N–H and O–H groups in total. The van der Waals surface area contributed by atoms with Crippen molar-refractivity contribution < 1.29 is 18.8 Å². The lowest BCUT2D eigenvalue weighted by molar-refractivity contribution is -0.145. The van der Waals surface area contributed by atoms with Crippen LogP contribution in [-0.4, -0.2) is 31.4 Å². The fourth-order valence-corrected chi connectivity index (χ4v) is 3.31. The Kier molecular flexibility index (Phi) is 4.82. The van der Waals surface area contributed by atoms with Gasteiger partial charge < -0.3 is 14.0 Å². The molecule has 1 atom stereocenters. The zero-order valence-electron chi connectivity index (χ0n) is 15.8. The van der Waals surface area contributed by atoms with E-state index in [-0.39, 0.29) is 30.2 Å². The van der Waals surface area contributed by atoms with Crippen LogP contribution in [0, 0.1) is 5.92 Å². The Balaban J connectivity index is 1.70. The van der Waals surface area contributed by atoms with Crippen LogP contribution in [-0.2, 0) is 18.8 Å². The van der Waals surface area contributed by atoms with Crippen LogP contribution in [0.3, 0.4) is 0 Å². The van der Waals surface area contributed by atoms with E-state index < -0.39 is 0 Å². The first-order valence-electron chi connectivity index (χ1n) is 8.96. The van der Waals surface area contributed by atoms with Gasteiger partial charge >= 0.3 is 13.1 Å². The number of methoxy groups -OCH3 is 1. The molecule has 1 unspecified atom stereocenters. The van der Waals surface area contributed by atoms with Gasteiger partial charge in [0.05, 0.1) is 24.2 Å². The predicted octanol–water partition coefficient (Wildman–Crippen LogP) is 3.34. The second-order valence-electron chi connectivity index (χ2n) is 7.93. The lowest BCUT2D eigenvalue weighted by atomic mass is 9.78. The molecule has 0 bridgehead atoms. The molecule has 25 heavy (non-hydrogen) atoms. The van der Waals surface area contributed by atoms with Gasteiger partial charge in [-0.1, -0.05) is 30.3 Å². The minimum atomic E-state index is -0.330. The molecule has 0 radical (unpaired) electrons. The first kappa shape index (κ1) is 18.2. The van der Waals surface area contributed by atoms with E-state index in [2.05, 4.69) is 58.0 Å². The summed E-state index contributed by atoms with van der Waals surface area (Å²) in [4.78, 5) is 11.6. The van der Waals surface area contributed by atoms with Crippen LogP contribution in [0.25, 0.3) is 5.57 Å². The van der Waals surface area contributed by atoms with E-state index in [1.807, 2.05) is 0 Å². The highest BCUT2D eigenvalue weighted by atomic mass is 16.7. The standard InChI is InChI=1S/C20H27BO4/c1-19(2)20(3,4)25-21(24-19)17-12-10-15(11-13-17)14-6-8-16(9-7-14)18(22)23-5/h6,10-13,16H,7-9H2,1-5H3. The highest BCUT2D eigenvalue weighted by molar-refractivity contribution is 6.62.